The number of rotatable bonds is 2. The third-order valence-corrected chi connectivity index (χ3v) is 7.78. The maximum Gasteiger partial charge on any atom is 0.169 e. The van der Waals surface area contributed by atoms with Gasteiger partial charge in [0.1, 0.15) is 0 Å². The van der Waals surface area contributed by atoms with Gasteiger partial charge in [0.05, 0.1) is 0 Å². The van der Waals surface area contributed by atoms with Crippen molar-refractivity contribution in [3.63, 3.8) is 0 Å². The molecular weight excluding hydrogens is 360 g/mol. The first-order valence-electron chi connectivity index (χ1n) is 10.1. The molecule has 5 aliphatic rings. The smallest absolute Gasteiger partial charge is 0.169 e. The largest absolute Gasteiger partial charge is 0.359 e. The number of hydrogen-bond acceptors (Lipinski definition) is 2. The van der Waals surface area contributed by atoms with Crippen molar-refractivity contribution in [2.75, 3.05) is 26.2 Å². The number of thiocarbonyl (C=S) groups is 2. The van der Waals surface area contributed by atoms with E-state index in [-0.39, 0.29) is 0 Å². The van der Waals surface area contributed by atoms with Crippen LogP contribution in [0.15, 0.2) is 24.3 Å². The van der Waals surface area contributed by atoms with E-state index in [0.29, 0.717) is 23.9 Å². The van der Waals surface area contributed by atoms with E-state index in [4.69, 9.17) is 24.4 Å². The molecule has 5 rings (SSSR count). The Morgan fingerprint density at radius 3 is 1.38 bits per heavy atom. The number of nitrogens with one attached hydrogen (secondary N) is 2. The average Bonchev–Trinajstić information content (AvgIpc) is 3.43. The van der Waals surface area contributed by atoms with Crippen LogP contribution >= 0.6 is 24.4 Å². The number of allylic oxidation sites excluding steroid dienone is 2. The van der Waals surface area contributed by atoms with Gasteiger partial charge in [0, 0.05) is 38.3 Å². The minimum atomic E-state index is 0.545. The predicted octanol–water partition coefficient (Wildman–Crippen LogP) is 2.28. The van der Waals surface area contributed by atoms with Crippen LogP contribution in [0.4, 0.5) is 0 Å². The monoisotopic (exact) mass is 388 g/mol. The van der Waals surface area contributed by atoms with Crippen LogP contribution in [0.2, 0.25) is 0 Å². The Balaban J connectivity index is 1.08. The first kappa shape index (κ1) is 17.0. The summed E-state index contributed by atoms with van der Waals surface area (Å²) in [7, 11) is 0. The van der Waals surface area contributed by atoms with Crippen molar-refractivity contribution < 1.29 is 0 Å². The molecule has 0 aromatic carbocycles. The second-order valence-electron chi connectivity index (χ2n) is 8.65. The summed E-state index contributed by atoms with van der Waals surface area (Å²) in [6.45, 7) is 3.84. The Labute approximate surface area is 167 Å². The molecule has 4 aliphatic carbocycles. The van der Waals surface area contributed by atoms with Gasteiger partial charge in [-0.05, 0) is 73.8 Å². The Kier molecular flexibility index (Phi) is 4.44. The highest BCUT2D eigenvalue weighted by atomic mass is 32.1. The summed E-state index contributed by atoms with van der Waals surface area (Å²) in [5.74, 6) is 2.93. The second-order valence-corrected chi connectivity index (χ2v) is 9.42. The van der Waals surface area contributed by atoms with Crippen LogP contribution in [0.25, 0.3) is 0 Å². The van der Waals surface area contributed by atoms with Gasteiger partial charge >= 0.3 is 0 Å². The maximum atomic E-state index is 5.70. The lowest BCUT2D eigenvalue weighted by Gasteiger charge is -2.39. The highest BCUT2D eigenvalue weighted by molar-refractivity contribution is 7.80. The molecule has 6 heteroatoms. The van der Waals surface area contributed by atoms with E-state index < -0.39 is 0 Å². The summed E-state index contributed by atoms with van der Waals surface area (Å²) >= 11 is 11.4. The van der Waals surface area contributed by atoms with Crippen LogP contribution in [-0.4, -0.2) is 58.3 Å². The van der Waals surface area contributed by atoms with Gasteiger partial charge < -0.3 is 20.4 Å². The van der Waals surface area contributed by atoms with E-state index in [1.807, 2.05) is 0 Å². The van der Waals surface area contributed by atoms with E-state index in [1.54, 1.807) is 0 Å². The molecule has 1 heterocycles. The van der Waals surface area contributed by atoms with E-state index in [9.17, 15) is 0 Å². The van der Waals surface area contributed by atoms with Crippen LogP contribution in [0.1, 0.15) is 25.7 Å². The fourth-order valence-electron chi connectivity index (χ4n) is 5.51. The fourth-order valence-corrected chi connectivity index (χ4v) is 6.17. The summed E-state index contributed by atoms with van der Waals surface area (Å²) in [6, 6.07) is 1.09. The third kappa shape index (κ3) is 3.15. The molecule has 26 heavy (non-hydrogen) atoms. The molecule has 0 aromatic rings. The van der Waals surface area contributed by atoms with Crippen molar-refractivity contribution in [2.45, 2.75) is 37.8 Å². The van der Waals surface area contributed by atoms with Crippen molar-refractivity contribution in [1.29, 1.82) is 0 Å². The summed E-state index contributed by atoms with van der Waals surface area (Å²) in [6.07, 6.45) is 14.6. The van der Waals surface area contributed by atoms with Crippen molar-refractivity contribution >= 4 is 34.7 Å². The van der Waals surface area contributed by atoms with Gasteiger partial charge in [-0.1, -0.05) is 24.3 Å². The highest BCUT2D eigenvalue weighted by Crippen LogP contribution is 2.39. The molecule has 6 atom stereocenters. The molecule has 0 unspecified atom stereocenters. The molecule has 140 valence electrons. The van der Waals surface area contributed by atoms with Crippen LogP contribution in [0.3, 0.4) is 0 Å². The normalized spacial score (nSPS) is 39.7. The molecule has 0 radical (unpaired) electrons. The van der Waals surface area contributed by atoms with Crippen molar-refractivity contribution in [3.05, 3.63) is 24.3 Å². The Hall–Kier alpha value is -1.14. The molecular formula is C20H28N4S2. The zero-order valence-electron chi connectivity index (χ0n) is 15.1. The lowest BCUT2D eigenvalue weighted by Crippen LogP contribution is -2.57. The first-order valence-corrected chi connectivity index (χ1v) is 10.9. The van der Waals surface area contributed by atoms with Crippen LogP contribution in [0.5, 0.6) is 0 Å². The molecule has 4 nitrogen and oxygen atoms in total. The zero-order valence-corrected chi connectivity index (χ0v) is 16.8. The molecule has 0 spiro atoms. The third-order valence-electron chi connectivity index (χ3n) is 7.03. The van der Waals surface area contributed by atoms with E-state index in [0.717, 1.165) is 48.2 Å². The molecule has 4 bridgehead atoms. The maximum absolute atomic E-state index is 5.70. The van der Waals surface area contributed by atoms with Crippen LogP contribution < -0.4 is 10.6 Å². The molecule has 2 saturated carbocycles. The molecule has 3 fully saturated rings. The summed E-state index contributed by atoms with van der Waals surface area (Å²) < 4.78 is 0. The number of piperazine rings is 1. The van der Waals surface area contributed by atoms with Crippen molar-refractivity contribution in [2.24, 2.45) is 23.7 Å². The Morgan fingerprint density at radius 2 is 1.08 bits per heavy atom. The number of hydrogen-bond donors (Lipinski definition) is 2. The lowest BCUT2D eigenvalue weighted by molar-refractivity contribution is 0.249. The summed E-state index contributed by atoms with van der Waals surface area (Å²) in [4.78, 5) is 4.65. The average molecular weight is 389 g/mol. The number of fused-ring (bicyclic) bond motifs is 4. The van der Waals surface area contributed by atoms with Gasteiger partial charge in [-0.25, -0.2) is 0 Å². The van der Waals surface area contributed by atoms with E-state index in [1.165, 1.54) is 25.7 Å². The minimum absolute atomic E-state index is 0.545. The Morgan fingerprint density at radius 1 is 0.654 bits per heavy atom. The topological polar surface area (TPSA) is 30.5 Å². The van der Waals surface area contributed by atoms with Gasteiger partial charge in [-0.3, -0.25) is 0 Å². The van der Waals surface area contributed by atoms with E-state index in [2.05, 4.69) is 44.7 Å². The zero-order chi connectivity index (χ0) is 17.7. The van der Waals surface area contributed by atoms with Gasteiger partial charge in [0.2, 0.25) is 0 Å². The predicted molar refractivity (Wildman–Crippen MR) is 113 cm³/mol. The Bertz CT molecular complexity index is 596. The van der Waals surface area contributed by atoms with Gasteiger partial charge in [-0.15, -0.1) is 0 Å². The van der Waals surface area contributed by atoms with Gasteiger partial charge in [0.25, 0.3) is 0 Å². The SMILES string of the molecule is S=C(N[C@@H]1C[C@@H]2C=C[C@H]1C2)N1CCN(C(=S)N[C@@H]2C[C@H]3C=C[C@H]2C3)CC1. The second kappa shape index (κ2) is 6.79. The first-order chi connectivity index (χ1) is 12.7. The molecule has 2 N–H and O–H groups in total. The molecule has 1 aliphatic heterocycles. The number of nitrogens with zero attached hydrogens (tertiary/aromatic N) is 2. The summed E-state index contributed by atoms with van der Waals surface area (Å²) in [5, 5.41) is 9.14. The molecule has 0 amide bonds. The van der Waals surface area contributed by atoms with E-state index >= 15 is 0 Å². The fraction of sp³-hybridized carbons (Fsp3) is 0.700. The van der Waals surface area contributed by atoms with Crippen molar-refractivity contribution in [1.82, 2.24) is 20.4 Å². The molecule has 0 aromatic heterocycles. The standard InChI is InChI=1S/C20H28N4S2/c25-19(21-17-11-13-1-3-15(17)9-13)23-5-7-24(8-6-23)20(26)22-18-12-14-2-4-16(18)10-14/h1-4,13-18H,5-12H2,(H,21,25)(H,22,26)/t13-,14+,15-,16-,17+,18+/m0/s1. The van der Waals surface area contributed by atoms with Crippen molar-refractivity contribution in [3.8, 4) is 0 Å². The van der Waals surface area contributed by atoms with Gasteiger partial charge in [0.15, 0.2) is 10.2 Å². The van der Waals surface area contributed by atoms with Gasteiger partial charge in [-0.2, -0.15) is 0 Å². The molecule has 1 saturated heterocycles. The minimum Gasteiger partial charge on any atom is -0.359 e. The van der Waals surface area contributed by atoms with Crippen LogP contribution in [-0.2, 0) is 0 Å². The quantitative estimate of drug-likeness (QED) is 0.558. The highest BCUT2D eigenvalue weighted by Gasteiger charge is 2.38. The summed E-state index contributed by atoms with van der Waals surface area (Å²) in [5.41, 5.74) is 0. The van der Waals surface area contributed by atoms with Crippen LogP contribution in [0, 0.1) is 23.7 Å². The lowest BCUT2D eigenvalue weighted by atomic mass is 10.0.